The van der Waals surface area contributed by atoms with Crippen LogP contribution < -0.4 is 11.1 Å². The lowest BCUT2D eigenvalue weighted by atomic mass is 10.3. The predicted molar refractivity (Wildman–Crippen MR) is 81.7 cm³/mol. The van der Waals surface area contributed by atoms with Crippen molar-refractivity contribution >= 4 is 40.6 Å². The largest absolute Gasteiger partial charge is 0.398 e. The molecule has 0 heterocycles. The number of para-hydroxylation sites is 1. The highest BCUT2D eigenvalue weighted by molar-refractivity contribution is 8.00. The number of thioether (sulfide) groups is 1. The van der Waals surface area contributed by atoms with Crippen LogP contribution in [0.5, 0.6) is 0 Å². The van der Waals surface area contributed by atoms with E-state index < -0.39 is 0 Å². The van der Waals surface area contributed by atoms with Gasteiger partial charge in [-0.3, -0.25) is 4.79 Å². The first-order valence-electron chi connectivity index (χ1n) is 5.68. The van der Waals surface area contributed by atoms with Gasteiger partial charge in [-0.15, -0.1) is 11.8 Å². The molecule has 0 fully saturated rings. The summed E-state index contributed by atoms with van der Waals surface area (Å²) in [7, 11) is 0. The minimum Gasteiger partial charge on any atom is -0.398 e. The molecule has 0 spiro atoms. The van der Waals surface area contributed by atoms with Crippen molar-refractivity contribution < 1.29 is 4.79 Å². The summed E-state index contributed by atoms with van der Waals surface area (Å²) in [5.74, 6) is 0.179. The van der Waals surface area contributed by atoms with E-state index in [1.807, 2.05) is 30.3 Å². The molecule has 3 nitrogen and oxygen atoms in total. The maximum atomic E-state index is 11.8. The van der Waals surface area contributed by atoms with E-state index in [0.717, 1.165) is 10.6 Å². The second kappa shape index (κ2) is 6.50. The van der Waals surface area contributed by atoms with Crippen LogP contribution in [0, 0.1) is 0 Å². The van der Waals surface area contributed by atoms with Gasteiger partial charge in [-0.1, -0.05) is 35.9 Å². The Morgan fingerprint density at radius 1 is 1.16 bits per heavy atom. The van der Waals surface area contributed by atoms with Gasteiger partial charge in [-0.05, 0) is 24.3 Å². The number of rotatable bonds is 4. The molecule has 0 atom stereocenters. The van der Waals surface area contributed by atoms with Crippen molar-refractivity contribution in [1.82, 2.24) is 0 Å². The molecule has 3 N–H and O–H groups in total. The zero-order valence-electron chi connectivity index (χ0n) is 10.1. The molecule has 1 amide bonds. The molecule has 2 aromatic carbocycles. The number of nitrogens with two attached hydrogens (primary N) is 1. The molecular formula is C14H13ClN2OS. The average molecular weight is 293 g/mol. The molecule has 0 aliphatic rings. The van der Waals surface area contributed by atoms with E-state index in [1.165, 1.54) is 11.8 Å². The van der Waals surface area contributed by atoms with Crippen LogP contribution >= 0.6 is 23.4 Å². The molecule has 0 aliphatic heterocycles. The Labute approximate surface area is 121 Å². The molecule has 2 rings (SSSR count). The molecule has 5 heteroatoms. The molecule has 0 unspecified atom stereocenters. The van der Waals surface area contributed by atoms with Crippen LogP contribution in [0.4, 0.5) is 11.4 Å². The lowest BCUT2D eigenvalue weighted by Gasteiger charge is -2.08. The smallest absolute Gasteiger partial charge is 0.234 e. The number of carbonyl (C=O) groups is 1. The van der Waals surface area contributed by atoms with Crippen molar-refractivity contribution in [3.8, 4) is 0 Å². The van der Waals surface area contributed by atoms with Crippen molar-refractivity contribution in [1.29, 1.82) is 0 Å². The highest BCUT2D eigenvalue weighted by atomic mass is 35.5. The number of nitrogen functional groups attached to an aromatic ring is 1. The van der Waals surface area contributed by atoms with E-state index in [9.17, 15) is 4.79 Å². The summed E-state index contributed by atoms with van der Waals surface area (Å²) in [6.07, 6.45) is 0. The van der Waals surface area contributed by atoms with Gasteiger partial charge in [0.05, 0.1) is 10.8 Å². The lowest BCUT2D eigenvalue weighted by Crippen LogP contribution is -2.14. The van der Waals surface area contributed by atoms with Crippen LogP contribution in [0.15, 0.2) is 53.4 Å². The molecule has 0 saturated heterocycles. The topological polar surface area (TPSA) is 55.1 Å². The predicted octanol–water partition coefficient (Wildman–Crippen LogP) is 3.65. The molecule has 0 aromatic heterocycles. The monoisotopic (exact) mass is 292 g/mol. The number of nitrogens with one attached hydrogen (secondary N) is 1. The molecule has 19 heavy (non-hydrogen) atoms. The zero-order valence-corrected chi connectivity index (χ0v) is 11.7. The standard InChI is InChI=1S/C14H13ClN2OS/c15-11-7-4-8-12(16)14(11)19-9-13(18)17-10-5-2-1-3-6-10/h1-8H,9,16H2,(H,17,18). The minimum atomic E-state index is -0.0875. The maximum absolute atomic E-state index is 11.8. The molecule has 98 valence electrons. The number of halogens is 1. The number of carbonyl (C=O) groups excluding carboxylic acids is 1. The van der Waals surface area contributed by atoms with E-state index in [2.05, 4.69) is 5.32 Å². The van der Waals surface area contributed by atoms with Crippen LogP contribution in [0.3, 0.4) is 0 Å². The number of hydrogen-bond acceptors (Lipinski definition) is 3. The lowest BCUT2D eigenvalue weighted by molar-refractivity contribution is -0.113. The summed E-state index contributed by atoms with van der Waals surface area (Å²) < 4.78 is 0. The molecule has 0 radical (unpaired) electrons. The van der Waals surface area contributed by atoms with Crippen LogP contribution in [0.1, 0.15) is 0 Å². The van der Waals surface area contributed by atoms with E-state index in [0.29, 0.717) is 10.7 Å². The Hall–Kier alpha value is -1.65. The SMILES string of the molecule is Nc1cccc(Cl)c1SCC(=O)Nc1ccccc1. The summed E-state index contributed by atoms with van der Waals surface area (Å²) >= 11 is 7.37. The maximum Gasteiger partial charge on any atom is 0.234 e. The van der Waals surface area contributed by atoms with E-state index in [-0.39, 0.29) is 11.7 Å². The zero-order chi connectivity index (χ0) is 13.7. The summed E-state index contributed by atoms with van der Waals surface area (Å²) in [4.78, 5) is 12.5. The van der Waals surface area contributed by atoms with E-state index in [1.54, 1.807) is 18.2 Å². The van der Waals surface area contributed by atoms with Gasteiger partial charge in [-0.2, -0.15) is 0 Å². The third-order valence-corrected chi connectivity index (χ3v) is 3.98. The van der Waals surface area contributed by atoms with Gasteiger partial charge in [0, 0.05) is 16.3 Å². The molecule has 0 saturated carbocycles. The second-order valence-corrected chi connectivity index (χ2v) is 5.25. The van der Waals surface area contributed by atoms with Crippen molar-refractivity contribution in [2.45, 2.75) is 4.90 Å². The van der Waals surface area contributed by atoms with Crippen LogP contribution in [-0.2, 0) is 4.79 Å². The molecular weight excluding hydrogens is 280 g/mol. The fraction of sp³-hybridized carbons (Fsp3) is 0.0714. The number of anilines is 2. The first-order valence-corrected chi connectivity index (χ1v) is 7.05. The Balaban J connectivity index is 1.94. The van der Waals surface area contributed by atoms with Crippen LogP contribution in [-0.4, -0.2) is 11.7 Å². The van der Waals surface area contributed by atoms with Gasteiger partial charge in [0.1, 0.15) is 0 Å². The van der Waals surface area contributed by atoms with Crippen molar-refractivity contribution in [3.05, 3.63) is 53.6 Å². The second-order valence-electron chi connectivity index (χ2n) is 3.86. The normalized spacial score (nSPS) is 10.2. The summed E-state index contributed by atoms with van der Waals surface area (Å²) in [5, 5.41) is 3.37. The van der Waals surface area contributed by atoms with Crippen molar-refractivity contribution in [2.24, 2.45) is 0 Å². The Morgan fingerprint density at radius 3 is 2.58 bits per heavy atom. The third-order valence-electron chi connectivity index (χ3n) is 2.40. The number of amides is 1. The van der Waals surface area contributed by atoms with Gasteiger partial charge in [0.15, 0.2) is 0 Å². The average Bonchev–Trinajstić information content (AvgIpc) is 2.39. The van der Waals surface area contributed by atoms with Crippen molar-refractivity contribution in [2.75, 3.05) is 16.8 Å². The molecule has 0 bridgehead atoms. The number of hydrogen-bond donors (Lipinski definition) is 2. The first-order chi connectivity index (χ1) is 9.16. The highest BCUT2D eigenvalue weighted by Crippen LogP contribution is 2.32. The summed E-state index contributed by atoms with van der Waals surface area (Å²) in [6.45, 7) is 0. The van der Waals surface area contributed by atoms with E-state index >= 15 is 0 Å². The van der Waals surface area contributed by atoms with Gasteiger partial charge < -0.3 is 11.1 Å². The third kappa shape index (κ3) is 3.91. The Bertz CT molecular complexity index is 555. The highest BCUT2D eigenvalue weighted by Gasteiger charge is 2.08. The fourth-order valence-electron chi connectivity index (χ4n) is 1.53. The van der Waals surface area contributed by atoms with Crippen LogP contribution in [0.2, 0.25) is 5.02 Å². The Morgan fingerprint density at radius 2 is 1.89 bits per heavy atom. The molecule has 2 aromatic rings. The minimum absolute atomic E-state index is 0.0875. The first kappa shape index (κ1) is 13.8. The van der Waals surface area contributed by atoms with Gasteiger partial charge in [-0.25, -0.2) is 0 Å². The Kier molecular flexibility index (Phi) is 4.71. The van der Waals surface area contributed by atoms with Gasteiger partial charge in [0.25, 0.3) is 0 Å². The summed E-state index contributed by atoms with van der Waals surface area (Å²) in [6, 6.07) is 14.6. The van der Waals surface area contributed by atoms with Crippen LogP contribution in [0.25, 0.3) is 0 Å². The van der Waals surface area contributed by atoms with Gasteiger partial charge >= 0.3 is 0 Å². The van der Waals surface area contributed by atoms with Gasteiger partial charge in [0.2, 0.25) is 5.91 Å². The quantitative estimate of drug-likeness (QED) is 0.668. The molecule has 0 aliphatic carbocycles. The number of benzene rings is 2. The fourth-order valence-corrected chi connectivity index (χ4v) is 2.67. The van der Waals surface area contributed by atoms with Crippen molar-refractivity contribution in [3.63, 3.8) is 0 Å². The summed E-state index contributed by atoms with van der Waals surface area (Å²) in [5.41, 5.74) is 7.19. The van der Waals surface area contributed by atoms with E-state index in [4.69, 9.17) is 17.3 Å².